The summed E-state index contributed by atoms with van der Waals surface area (Å²) in [4.78, 5) is 34.3. The number of hydrogen-bond donors (Lipinski definition) is 0. The molecule has 0 aromatic carbocycles. The average molecular weight is 249 g/mol. The van der Waals surface area contributed by atoms with Gasteiger partial charge in [-0.3, -0.25) is 9.63 Å². The number of hydrogen-bond acceptors (Lipinski definition) is 8. The van der Waals surface area contributed by atoms with Gasteiger partial charge in [0.15, 0.2) is 0 Å². The summed E-state index contributed by atoms with van der Waals surface area (Å²) >= 11 is 0. The second-order valence-electron chi connectivity index (χ2n) is 2.48. The molecule has 0 fully saturated rings. The van der Waals surface area contributed by atoms with Gasteiger partial charge in [-0.05, 0) is 19.1 Å². The molecule has 0 N–H and O–H groups in total. The molecule has 0 radical (unpaired) electrons. The Labute approximate surface area is 96.0 Å². The maximum absolute atomic E-state index is 10.9. The minimum atomic E-state index is -1.35. The first-order chi connectivity index (χ1) is 8.06. The molecular weight excluding hydrogens is 238 g/mol. The maximum Gasteiger partial charge on any atom is 0.510 e. The average Bonchev–Trinajstić information content (AvgIpc) is 2.21. The highest BCUT2D eigenvalue weighted by atomic mass is 17.0. The number of nitrogens with zero attached hydrogens (tertiary/aromatic N) is 1. The van der Waals surface area contributed by atoms with E-state index >= 15 is 0 Å². The Bertz CT molecular complexity index is 289. The highest BCUT2D eigenvalue weighted by Gasteiger charge is 2.13. The van der Waals surface area contributed by atoms with Gasteiger partial charge in [0.2, 0.25) is 6.29 Å². The predicted octanol–water partition coefficient (Wildman–Crippen LogP) is 0.423. The summed E-state index contributed by atoms with van der Waals surface area (Å²) in [5.74, 6) is 0. The zero-order valence-corrected chi connectivity index (χ0v) is 8.94. The molecule has 0 heterocycles. The third kappa shape index (κ3) is 9.97. The lowest BCUT2D eigenvalue weighted by Gasteiger charge is -2.09. The van der Waals surface area contributed by atoms with Crippen LogP contribution in [-0.2, 0) is 23.8 Å². The fourth-order valence-electron chi connectivity index (χ4n) is 0.659. The van der Waals surface area contributed by atoms with E-state index in [-0.39, 0.29) is 19.7 Å². The van der Waals surface area contributed by atoms with Gasteiger partial charge in [-0.15, -0.1) is 10.1 Å². The molecular formula is C8H11NO8. The Balaban J connectivity index is 3.61. The smallest absolute Gasteiger partial charge is 0.464 e. The van der Waals surface area contributed by atoms with E-state index in [4.69, 9.17) is 0 Å². The second kappa shape index (κ2) is 8.95. The lowest BCUT2D eigenvalue weighted by molar-refractivity contribution is -0.777. The summed E-state index contributed by atoms with van der Waals surface area (Å²) in [6, 6.07) is 0. The first-order valence-corrected chi connectivity index (χ1v) is 4.41. The van der Waals surface area contributed by atoms with Gasteiger partial charge in [0, 0.05) is 0 Å². The van der Waals surface area contributed by atoms with Crippen molar-refractivity contribution in [2.24, 2.45) is 0 Å². The van der Waals surface area contributed by atoms with Gasteiger partial charge in [-0.25, -0.2) is 4.79 Å². The van der Waals surface area contributed by atoms with Crippen LogP contribution in [-0.4, -0.2) is 37.2 Å². The Hall–Kier alpha value is -2.32. The molecule has 0 aliphatic rings. The molecule has 0 aliphatic carbocycles. The minimum Gasteiger partial charge on any atom is -0.464 e. The van der Waals surface area contributed by atoms with E-state index in [1.807, 2.05) is 0 Å². The van der Waals surface area contributed by atoms with Crippen molar-refractivity contribution >= 4 is 12.6 Å². The molecule has 0 saturated carbocycles. The van der Waals surface area contributed by atoms with Crippen LogP contribution < -0.4 is 0 Å². The van der Waals surface area contributed by atoms with Crippen LogP contribution in [0, 0.1) is 10.1 Å². The highest BCUT2D eigenvalue weighted by Crippen LogP contribution is 1.96. The van der Waals surface area contributed by atoms with Crippen LogP contribution in [0.4, 0.5) is 4.79 Å². The molecule has 0 spiro atoms. The van der Waals surface area contributed by atoms with E-state index in [1.165, 1.54) is 12.2 Å². The molecule has 0 saturated heterocycles. The first-order valence-electron chi connectivity index (χ1n) is 4.41. The van der Waals surface area contributed by atoms with Gasteiger partial charge < -0.3 is 14.2 Å². The Morgan fingerprint density at radius 2 is 2.06 bits per heavy atom. The molecule has 0 aliphatic heterocycles. The topological polar surface area (TPSA) is 114 Å². The molecule has 0 rings (SSSR count). The third-order valence-electron chi connectivity index (χ3n) is 1.22. The molecule has 0 aromatic heterocycles. The number of carbonyl (C=O) groups excluding carboxylic acids is 2. The van der Waals surface area contributed by atoms with Crippen LogP contribution >= 0.6 is 0 Å². The van der Waals surface area contributed by atoms with Crippen LogP contribution in [0.1, 0.15) is 6.92 Å². The van der Waals surface area contributed by atoms with Crippen molar-refractivity contribution in [1.29, 1.82) is 0 Å². The summed E-state index contributed by atoms with van der Waals surface area (Å²) in [7, 11) is 0. The van der Waals surface area contributed by atoms with Gasteiger partial charge in [0.1, 0.15) is 13.2 Å². The largest absolute Gasteiger partial charge is 0.510 e. The Kier molecular flexibility index (Phi) is 7.73. The van der Waals surface area contributed by atoms with Crippen molar-refractivity contribution in [3.05, 3.63) is 22.3 Å². The van der Waals surface area contributed by atoms with Crippen molar-refractivity contribution in [1.82, 2.24) is 0 Å². The quantitative estimate of drug-likeness (QED) is 0.116. The maximum atomic E-state index is 10.9. The van der Waals surface area contributed by atoms with E-state index in [0.717, 1.165) is 6.92 Å². The van der Waals surface area contributed by atoms with Gasteiger partial charge in [-0.1, -0.05) is 0 Å². The molecule has 1 atom stereocenters. The second-order valence-corrected chi connectivity index (χ2v) is 2.48. The van der Waals surface area contributed by atoms with Crippen LogP contribution in [0.25, 0.3) is 0 Å². The van der Waals surface area contributed by atoms with E-state index in [2.05, 4.69) is 19.0 Å². The van der Waals surface area contributed by atoms with Crippen molar-refractivity contribution in [2.75, 3.05) is 13.2 Å². The molecule has 0 amide bonds. The van der Waals surface area contributed by atoms with E-state index in [0.29, 0.717) is 0 Å². The Morgan fingerprint density at radius 1 is 1.41 bits per heavy atom. The molecule has 0 bridgehead atoms. The van der Waals surface area contributed by atoms with Crippen LogP contribution in [0.15, 0.2) is 12.2 Å². The van der Waals surface area contributed by atoms with Crippen molar-refractivity contribution in [3.8, 4) is 0 Å². The summed E-state index contributed by atoms with van der Waals surface area (Å²) in [6.07, 6.45) is 0.391. The molecule has 17 heavy (non-hydrogen) atoms. The van der Waals surface area contributed by atoms with E-state index < -0.39 is 17.5 Å². The van der Waals surface area contributed by atoms with E-state index in [1.54, 1.807) is 0 Å². The molecule has 96 valence electrons. The van der Waals surface area contributed by atoms with E-state index in [9.17, 15) is 19.7 Å². The van der Waals surface area contributed by atoms with Gasteiger partial charge in [0.25, 0.3) is 11.6 Å². The van der Waals surface area contributed by atoms with Gasteiger partial charge in [-0.2, -0.15) is 0 Å². The van der Waals surface area contributed by atoms with Crippen molar-refractivity contribution in [3.63, 3.8) is 0 Å². The van der Waals surface area contributed by atoms with Gasteiger partial charge >= 0.3 is 6.16 Å². The molecule has 0 aromatic rings. The Morgan fingerprint density at radius 3 is 2.65 bits per heavy atom. The molecule has 9 nitrogen and oxygen atoms in total. The van der Waals surface area contributed by atoms with Gasteiger partial charge in [0.05, 0.1) is 0 Å². The molecule has 9 heteroatoms. The van der Waals surface area contributed by atoms with Crippen LogP contribution in [0.2, 0.25) is 0 Å². The summed E-state index contributed by atoms with van der Waals surface area (Å²) < 4.78 is 13.1. The lowest BCUT2D eigenvalue weighted by atomic mass is 10.5. The highest BCUT2D eigenvalue weighted by molar-refractivity contribution is 5.60. The first kappa shape index (κ1) is 14.7. The third-order valence-corrected chi connectivity index (χ3v) is 1.22. The van der Waals surface area contributed by atoms with Crippen LogP contribution in [0.3, 0.4) is 0 Å². The fourth-order valence-corrected chi connectivity index (χ4v) is 0.659. The zero-order valence-electron chi connectivity index (χ0n) is 8.94. The normalized spacial score (nSPS) is 11.6. The number of ether oxygens (including phenoxy) is 3. The van der Waals surface area contributed by atoms with Crippen LogP contribution in [0.5, 0.6) is 0 Å². The monoisotopic (exact) mass is 249 g/mol. The SMILES string of the molecule is CC(OC(=O)OC/C=C\COC=O)O[N+](=O)[O-]. The zero-order chi connectivity index (χ0) is 13.1. The number of rotatable bonds is 8. The number of carbonyl (C=O) groups is 2. The van der Waals surface area contributed by atoms with Crippen molar-refractivity contribution < 1.29 is 33.7 Å². The predicted molar refractivity (Wildman–Crippen MR) is 51.1 cm³/mol. The summed E-state index contributed by atoms with van der Waals surface area (Å²) in [6.45, 7) is 1.38. The van der Waals surface area contributed by atoms with Crippen molar-refractivity contribution in [2.45, 2.75) is 13.2 Å². The summed E-state index contributed by atoms with van der Waals surface area (Å²) in [5, 5.41) is 8.76. The molecule has 1 unspecified atom stereocenters. The summed E-state index contributed by atoms with van der Waals surface area (Å²) in [5.41, 5.74) is 0. The lowest BCUT2D eigenvalue weighted by Crippen LogP contribution is -2.21. The minimum absolute atomic E-state index is 0.0583. The standard InChI is InChI=1S/C8H11NO8/c1-7(17-9(12)13)16-8(11)15-5-3-2-4-14-6-10/h2-3,6-7H,4-5H2,1H3/b3-2-. The fraction of sp³-hybridized carbons (Fsp3) is 0.500.